The Labute approximate surface area is 197 Å². The van der Waals surface area contributed by atoms with E-state index in [-0.39, 0.29) is 30.5 Å². The van der Waals surface area contributed by atoms with Crippen molar-refractivity contribution in [1.29, 1.82) is 0 Å². The summed E-state index contributed by atoms with van der Waals surface area (Å²) in [6.07, 6.45) is 3.63. The number of carbonyl (C=O) groups is 2. The smallest absolute Gasteiger partial charge is 0.257 e. The van der Waals surface area contributed by atoms with E-state index in [4.69, 9.17) is 20.8 Å². The normalized spacial score (nSPS) is 23.7. The minimum Gasteiger partial charge on any atom is -0.467 e. The molecule has 9 heteroatoms. The summed E-state index contributed by atoms with van der Waals surface area (Å²) in [5.74, 6) is 0.704. The third kappa shape index (κ3) is 4.83. The topological polar surface area (TPSA) is 78.6 Å². The monoisotopic (exact) mass is 470 g/mol. The molecule has 0 radical (unpaired) electrons. The number of ether oxygens (including phenoxy) is 1. The Balaban J connectivity index is 1.24. The summed E-state index contributed by atoms with van der Waals surface area (Å²) in [7, 11) is 0. The lowest BCUT2D eigenvalue weighted by Crippen LogP contribution is -2.53. The van der Waals surface area contributed by atoms with Gasteiger partial charge in [-0.1, -0.05) is 23.7 Å². The van der Waals surface area contributed by atoms with E-state index in [0.717, 1.165) is 24.1 Å². The molecule has 33 heavy (non-hydrogen) atoms. The highest BCUT2D eigenvalue weighted by Gasteiger charge is 2.36. The van der Waals surface area contributed by atoms with Crippen LogP contribution in [-0.2, 0) is 14.3 Å². The van der Waals surface area contributed by atoms with Gasteiger partial charge in [-0.15, -0.1) is 0 Å². The average molecular weight is 471 g/mol. The highest BCUT2D eigenvalue weighted by Crippen LogP contribution is 2.33. The molecule has 4 heterocycles. The van der Waals surface area contributed by atoms with Gasteiger partial charge in [0, 0.05) is 44.2 Å². The van der Waals surface area contributed by atoms with Gasteiger partial charge in [-0.2, -0.15) is 5.10 Å². The molecule has 2 fully saturated rings. The molecule has 1 aromatic carbocycles. The van der Waals surface area contributed by atoms with Crippen LogP contribution in [0.2, 0.25) is 5.02 Å². The first-order valence-electron chi connectivity index (χ1n) is 11.4. The van der Waals surface area contributed by atoms with Gasteiger partial charge in [0.05, 0.1) is 18.5 Å². The largest absolute Gasteiger partial charge is 0.467 e. The highest BCUT2D eigenvalue weighted by atomic mass is 35.5. The summed E-state index contributed by atoms with van der Waals surface area (Å²) in [5, 5.41) is 6.88. The first-order valence-corrected chi connectivity index (χ1v) is 11.8. The summed E-state index contributed by atoms with van der Waals surface area (Å²) in [6.45, 7) is 3.42. The molecule has 0 unspecified atom stereocenters. The third-order valence-corrected chi connectivity index (χ3v) is 6.71. The summed E-state index contributed by atoms with van der Waals surface area (Å²) < 4.78 is 11.2. The van der Waals surface area contributed by atoms with Gasteiger partial charge in [0.2, 0.25) is 0 Å². The van der Waals surface area contributed by atoms with Crippen LogP contribution >= 0.6 is 11.6 Å². The molecule has 174 valence electrons. The van der Waals surface area contributed by atoms with Crippen LogP contribution in [0.5, 0.6) is 0 Å². The number of furan rings is 1. The second-order valence-corrected chi connectivity index (χ2v) is 9.07. The Hall–Kier alpha value is -2.68. The molecule has 0 aliphatic carbocycles. The molecular formula is C24H27ClN4O4. The predicted molar refractivity (Wildman–Crippen MR) is 123 cm³/mol. The number of hydrogen-bond acceptors (Lipinski definition) is 6. The first kappa shape index (κ1) is 22.1. The fourth-order valence-electron chi connectivity index (χ4n) is 4.63. The van der Waals surface area contributed by atoms with E-state index in [9.17, 15) is 9.59 Å². The van der Waals surface area contributed by atoms with Gasteiger partial charge in [-0.05, 0) is 42.7 Å². The van der Waals surface area contributed by atoms with Gasteiger partial charge in [0.25, 0.3) is 11.8 Å². The van der Waals surface area contributed by atoms with Gasteiger partial charge in [-0.3, -0.25) is 14.5 Å². The van der Waals surface area contributed by atoms with Crippen LogP contribution in [0.4, 0.5) is 0 Å². The number of hydrogen-bond donors (Lipinski definition) is 0. The molecule has 0 spiro atoms. The molecule has 2 saturated heterocycles. The van der Waals surface area contributed by atoms with Crippen LogP contribution < -0.4 is 0 Å². The van der Waals surface area contributed by atoms with Crippen LogP contribution in [0.3, 0.4) is 0 Å². The van der Waals surface area contributed by atoms with Gasteiger partial charge in [0.15, 0.2) is 0 Å². The Morgan fingerprint density at radius 1 is 1.09 bits per heavy atom. The van der Waals surface area contributed by atoms with Crippen molar-refractivity contribution in [3.8, 4) is 0 Å². The number of carbonyl (C=O) groups excluding carboxylic acids is 2. The summed E-state index contributed by atoms with van der Waals surface area (Å²) in [4.78, 5) is 29.8. The maximum Gasteiger partial charge on any atom is 0.257 e. The average Bonchev–Trinajstić information content (AvgIpc) is 3.61. The van der Waals surface area contributed by atoms with Crippen LogP contribution in [0.15, 0.2) is 52.2 Å². The van der Waals surface area contributed by atoms with Crippen molar-refractivity contribution >= 4 is 29.1 Å². The third-order valence-electron chi connectivity index (χ3n) is 6.46. The number of amides is 2. The number of piperazine rings is 1. The van der Waals surface area contributed by atoms with E-state index >= 15 is 0 Å². The zero-order valence-corrected chi connectivity index (χ0v) is 19.1. The van der Waals surface area contributed by atoms with E-state index < -0.39 is 0 Å². The van der Waals surface area contributed by atoms with Gasteiger partial charge in [0.1, 0.15) is 17.9 Å². The Morgan fingerprint density at radius 3 is 2.55 bits per heavy atom. The van der Waals surface area contributed by atoms with Crippen LogP contribution in [0, 0.1) is 0 Å². The molecule has 3 aliphatic heterocycles. The fraction of sp³-hybridized carbons (Fsp3) is 0.458. The lowest BCUT2D eigenvalue weighted by atomic mass is 10.0. The summed E-state index contributed by atoms with van der Waals surface area (Å²) in [5.41, 5.74) is 1.76. The van der Waals surface area contributed by atoms with Crippen molar-refractivity contribution in [3.05, 3.63) is 59.0 Å². The lowest BCUT2D eigenvalue weighted by molar-refractivity contribution is -0.143. The Morgan fingerprint density at radius 2 is 1.88 bits per heavy atom. The molecule has 0 saturated carbocycles. The van der Waals surface area contributed by atoms with E-state index in [0.29, 0.717) is 50.0 Å². The summed E-state index contributed by atoms with van der Waals surface area (Å²) >= 11 is 6.03. The van der Waals surface area contributed by atoms with Gasteiger partial charge in [-0.25, -0.2) is 5.01 Å². The van der Waals surface area contributed by atoms with Crippen molar-refractivity contribution in [2.24, 2.45) is 5.10 Å². The van der Waals surface area contributed by atoms with E-state index in [1.165, 1.54) is 0 Å². The van der Waals surface area contributed by atoms with Crippen molar-refractivity contribution in [2.45, 2.75) is 31.4 Å². The molecule has 5 rings (SSSR count). The molecule has 2 atom stereocenters. The first-order chi connectivity index (χ1) is 16.1. The van der Waals surface area contributed by atoms with Crippen molar-refractivity contribution in [2.75, 3.05) is 39.3 Å². The lowest BCUT2D eigenvalue weighted by Gasteiger charge is -2.36. The van der Waals surface area contributed by atoms with E-state index in [2.05, 4.69) is 10.0 Å². The van der Waals surface area contributed by atoms with Gasteiger partial charge < -0.3 is 14.1 Å². The zero-order chi connectivity index (χ0) is 22.8. The predicted octanol–water partition coefficient (Wildman–Crippen LogP) is 2.93. The second-order valence-electron chi connectivity index (χ2n) is 8.63. The highest BCUT2D eigenvalue weighted by molar-refractivity contribution is 6.30. The maximum atomic E-state index is 13.3. The number of benzene rings is 1. The van der Waals surface area contributed by atoms with E-state index in [1.807, 2.05) is 41.3 Å². The standard InChI is InChI=1S/C24H27ClN4O4/c25-18-7-5-17(6-8-18)19-15-20(21-3-1-13-32-21)29(26-19)23(30)16-27-9-11-28(12-10-27)24(31)22-4-2-14-33-22/h1,3,5-8,13,20,22H,2,4,9-12,14-16H2/t20-,22-/m1/s1. The van der Waals surface area contributed by atoms with Gasteiger partial charge >= 0.3 is 0 Å². The van der Waals surface area contributed by atoms with Crippen molar-refractivity contribution in [3.63, 3.8) is 0 Å². The van der Waals surface area contributed by atoms with Crippen molar-refractivity contribution in [1.82, 2.24) is 14.8 Å². The molecule has 0 N–H and O–H groups in total. The van der Waals surface area contributed by atoms with Crippen LogP contribution in [0.25, 0.3) is 0 Å². The zero-order valence-electron chi connectivity index (χ0n) is 18.4. The molecule has 8 nitrogen and oxygen atoms in total. The molecule has 1 aromatic heterocycles. The summed E-state index contributed by atoms with van der Waals surface area (Å²) in [6, 6.07) is 10.9. The molecule has 2 amide bonds. The minimum atomic E-state index is -0.294. The number of rotatable bonds is 5. The van der Waals surface area contributed by atoms with E-state index in [1.54, 1.807) is 11.3 Å². The second kappa shape index (κ2) is 9.67. The van der Waals surface area contributed by atoms with Crippen LogP contribution in [0.1, 0.15) is 36.6 Å². The molecular weight excluding hydrogens is 444 g/mol. The number of halogens is 1. The molecule has 0 bridgehead atoms. The molecule has 2 aromatic rings. The quantitative estimate of drug-likeness (QED) is 0.671. The molecule has 3 aliphatic rings. The maximum absolute atomic E-state index is 13.3. The number of hydrazone groups is 1. The fourth-order valence-corrected chi connectivity index (χ4v) is 4.75. The SMILES string of the molecule is O=C([C@H]1CCCO1)N1CCN(CC(=O)N2N=C(c3ccc(Cl)cc3)C[C@@H]2c2ccco2)CC1. The Bertz CT molecular complexity index is 1010. The number of nitrogens with zero attached hydrogens (tertiary/aromatic N) is 4. The Kier molecular flexibility index (Phi) is 6.48. The van der Waals surface area contributed by atoms with Crippen LogP contribution in [-0.4, -0.2) is 77.8 Å². The minimum absolute atomic E-state index is 0.0770. The van der Waals surface area contributed by atoms with Crippen molar-refractivity contribution < 1.29 is 18.7 Å².